The summed E-state index contributed by atoms with van der Waals surface area (Å²) in [5.74, 6) is -0.607. The number of fused-ring (bicyclic) bond motifs is 1. The largest absolute Gasteiger partial charge is 0.338 e. The van der Waals surface area contributed by atoms with Crippen molar-refractivity contribution in [1.82, 2.24) is 18.8 Å². The summed E-state index contributed by atoms with van der Waals surface area (Å²) >= 11 is 7.04. The van der Waals surface area contributed by atoms with Gasteiger partial charge in [0.25, 0.3) is 10.0 Å². The van der Waals surface area contributed by atoms with E-state index in [1.807, 2.05) is 29.0 Å². The van der Waals surface area contributed by atoms with Crippen LogP contribution < -0.4 is 4.72 Å². The minimum Gasteiger partial charge on any atom is -0.338 e. The number of halogens is 1. The normalized spacial score (nSPS) is 16.5. The van der Waals surface area contributed by atoms with Crippen molar-refractivity contribution in [1.29, 1.82) is 0 Å². The number of rotatable bonds is 6. The van der Waals surface area contributed by atoms with E-state index in [1.165, 1.54) is 18.5 Å². The van der Waals surface area contributed by atoms with Gasteiger partial charge in [0.05, 0.1) is 11.4 Å². The van der Waals surface area contributed by atoms with Gasteiger partial charge in [-0.05, 0) is 47.7 Å². The van der Waals surface area contributed by atoms with Crippen LogP contribution >= 0.6 is 23.1 Å². The van der Waals surface area contributed by atoms with Gasteiger partial charge in [-0.1, -0.05) is 29.8 Å². The smallest absolute Gasteiger partial charge is 0.263 e. The van der Waals surface area contributed by atoms with Gasteiger partial charge in [0.2, 0.25) is 11.0 Å². The molecule has 9 nitrogen and oxygen atoms in total. The molecule has 0 saturated carbocycles. The number of likely N-dealkylation sites (tertiary alicyclic amines) is 1. The van der Waals surface area contributed by atoms with Crippen molar-refractivity contribution in [3.63, 3.8) is 0 Å². The first kappa shape index (κ1) is 23.5. The van der Waals surface area contributed by atoms with E-state index >= 15 is 0 Å². The zero-order valence-electron chi connectivity index (χ0n) is 18.3. The number of piperidine rings is 1. The summed E-state index contributed by atoms with van der Waals surface area (Å²) in [5.41, 5.74) is 1.59. The predicted octanol–water partition coefficient (Wildman–Crippen LogP) is 3.53. The summed E-state index contributed by atoms with van der Waals surface area (Å²) < 4.78 is 33.0. The predicted molar refractivity (Wildman–Crippen MR) is 133 cm³/mol. The summed E-state index contributed by atoms with van der Waals surface area (Å²) in [6.45, 7) is 0.575. The molecule has 2 aromatic heterocycles. The second-order valence-corrected chi connectivity index (χ2v) is 11.1. The number of amides is 1. The number of benzene rings is 2. The van der Waals surface area contributed by atoms with Crippen molar-refractivity contribution in [2.75, 3.05) is 17.8 Å². The molecule has 0 radical (unpaired) electrons. The average Bonchev–Trinajstić information content (AvgIpc) is 3.48. The lowest BCUT2D eigenvalue weighted by molar-refractivity contribution is -0.138. The van der Waals surface area contributed by atoms with Crippen molar-refractivity contribution in [2.24, 2.45) is 0 Å². The number of carbonyl (C=O) groups is 2. The third-order valence-corrected chi connectivity index (χ3v) is 8.29. The Morgan fingerprint density at radius 2 is 1.97 bits per heavy atom. The topological polar surface area (TPSA) is 114 Å². The number of nitrogens with zero attached hydrogens (tertiary/aromatic N) is 4. The van der Waals surface area contributed by atoms with E-state index in [2.05, 4.69) is 14.1 Å². The average molecular weight is 530 g/mol. The Labute approximate surface area is 210 Å². The van der Waals surface area contributed by atoms with E-state index in [1.54, 1.807) is 23.1 Å². The van der Waals surface area contributed by atoms with Crippen molar-refractivity contribution in [2.45, 2.75) is 23.8 Å². The molecule has 1 fully saturated rings. The van der Waals surface area contributed by atoms with Crippen LogP contribution in [0.15, 0.2) is 66.0 Å². The Morgan fingerprint density at radius 3 is 2.69 bits per heavy atom. The van der Waals surface area contributed by atoms with Crippen LogP contribution in [-0.2, 0) is 26.2 Å². The van der Waals surface area contributed by atoms with Crippen LogP contribution in [-0.4, -0.2) is 52.0 Å². The van der Waals surface area contributed by atoms with Gasteiger partial charge in [0, 0.05) is 40.7 Å². The zero-order valence-corrected chi connectivity index (χ0v) is 20.7. The summed E-state index contributed by atoms with van der Waals surface area (Å²) in [6.07, 6.45) is 3.58. The molecule has 2 aromatic carbocycles. The minimum atomic E-state index is -3.80. The van der Waals surface area contributed by atoms with E-state index in [0.717, 1.165) is 28.0 Å². The third-order valence-electron chi connectivity index (χ3n) is 5.99. The Bertz CT molecular complexity index is 1500. The standard InChI is InChI=1S/C23H20ClN5O4S2/c24-17-4-1-16-7-9-28(20(16)11-17)13-22(31)29-10-8-19(21(30)12-29)15-2-5-18(6-3-15)35(32,33)27-23-25-14-26-34-23/h1-7,9,11,14,19H,8,10,12-13H2,(H,25,26,27). The molecule has 1 saturated heterocycles. The highest BCUT2D eigenvalue weighted by Gasteiger charge is 2.31. The van der Waals surface area contributed by atoms with Gasteiger partial charge in [-0.2, -0.15) is 4.37 Å². The number of carbonyl (C=O) groups excluding carboxylic acids is 2. The molecule has 1 amide bonds. The van der Waals surface area contributed by atoms with Gasteiger partial charge < -0.3 is 9.47 Å². The second kappa shape index (κ2) is 9.40. The molecule has 1 aliphatic heterocycles. The first-order valence-corrected chi connectivity index (χ1v) is 13.4. The number of ketones is 1. The SMILES string of the molecule is O=C1CN(C(=O)Cn2ccc3ccc(Cl)cc32)CCC1c1ccc(S(=O)(=O)Nc2ncns2)cc1. The van der Waals surface area contributed by atoms with Crippen LogP contribution in [0.5, 0.6) is 0 Å². The molecular formula is C23H20ClN5O4S2. The summed E-state index contributed by atoms with van der Waals surface area (Å²) in [5, 5.41) is 1.76. The Balaban J connectivity index is 1.23. The van der Waals surface area contributed by atoms with Gasteiger partial charge in [0.15, 0.2) is 5.78 Å². The molecule has 35 heavy (non-hydrogen) atoms. The molecule has 12 heteroatoms. The van der Waals surface area contributed by atoms with Gasteiger partial charge >= 0.3 is 0 Å². The fourth-order valence-corrected chi connectivity index (χ4v) is 6.03. The van der Waals surface area contributed by atoms with E-state index in [0.29, 0.717) is 18.0 Å². The highest BCUT2D eigenvalue weighted by molar-refractivity contribution is 7.93. The van der Waals surface area contributed by atoms with Crippen LogP contribution in [0.1, 0.15) is 17.9 Å². The first-order chi connectivity index (χ1) is 16.8. The lowest BCUT2D eigenvalue weighted by Gasteiger charge is -2.31. The van der Waals surface area contributed by atoms with E-state index in [9.17, 15) is 18.0 Å². The number of aromatic nitrogens is 3. The fourth-order valence-electron chi connectivity index (χ4n) is 4.20. The van der Waals surface area contributed by atoms with Crippen molar-refractivity contribution < 1.29 is 18.0 Å². The van der Waals surface area contributed by atoms with Crippen LogP contribution in [0.25, 0.3) is 10.9 Å². The molecule has 0 aliphatic carbocycles. The van der Waals surface area contributed by atoms with Crippen LogP contribution in [0.3, 0.4) is 0 Å². The highest BCUT2D eigenvalue weighted by Crippen LogP contribution is 2.28. The van der Waals surface area contributed by atoms with Crippen LogP contribution in [0, 0.1) is 0 Å². The zero-order chi connectivity index (χ0) is 24.6. The molecule has 3 heterocycles. The number of hydrogen-bond donors (Lipinski definition) is 1. The maximum Gasteiger partial charge on any atom is 0.263 e. The lowest BCUT2D eigenvalue weighted by atomic mass is 9.88. The summed E-state index contributed by atoms with van der Waals surface area (Å²) in [7, 11) is -3.80. The molecule has 4 aromatic rings. The molecule has 180 valence electrons. The second-order valence-electron chi connectivity index (χ2n) is 8.19. The Kier molecular flexibility index (Phi) is 6.30. The molecular weight excluding hydrogens is 510 g/mol. The van der Waals surface area contributed by atoms with Crippen molar-refractivity contribution in [3.05, 3.63) is 71.6 Å². The van der Waals surface area contributed by atoms with Gasteiger partial charge in [-0.3, -0.25) is 14.3 Å². The monoisotopic (exact) mass is 529 g/mol. The van der Waals surface area contributed by atoms with E-state index < -0.39 is 15.9 Å². The van der Waals surface area contributed by atoms with Gasteiger partial charge in [-0.25, -0.2) is 13.4 Å². The Hall–Kier alpha value is -3.28. The number of Topliss-reactive ketones (excluding diaryl/α,β-unsaturated/α-hetero) is 1. The summed E-state index contributed by atoms with van der Waals surface area (Å²) in [6, 6.07) is 13.7. The molecule has 1 unspecified atom stereocenters. The maximum atomic E-state index is 12.9. The molecule has 5 rings (SSSR count). The molecule has 0 bridgehead atoms. The molecule has 1 N–H and O–H groups in total. The Morgan fingerprint density at radius 1 is 1.17 bits per heavy atom. The number of nitrogens with one attached hydrogen (secondary N) is 1. The number of hydrogen-bond acceptors (Lipinski definition) is 7. The lowest BCUT2D eigenvalue weighted by Crippen LogP contribution is -2.44. The van der Waals surface area contributed by atoms with E-state index in [-0.39, 0.29) is 34.8 Å². The fraction of sp³-hybridized carbons (Fsp3) is 0.217. The quantitative estimate of drug-likeness (QED) is 0.408. The van der Waals surface area contributed by atoms with E-state index in [4.69, 9.17) is 11.6 Å². The minimum absolute atomic E-state index is 0.0160. The van der Waals surface area contributed by atoms with Gasteiger partial charge in [0.1, 0.15) is 12.9 Å². The van der Waals surface area contributed by atoms with Gasteiger partial charge in [-0.15, -0.1) is 0 Å². The first-order valence-electron chi connectivity index (χ1n) is 10.7. The number of sulfonamides is 1. The van der Waals surface area contributed by atoms with Crippen molar-refractivity contribution >= 4 is 60.9 Å². The van der Waals surface area contributed by atoms with Crippen molar-refractivity contribution in [3.8, 4) is 0 Å². The third kappa shape index (κ3) is 4.93. The summed E-state index contributed by atoms with van der Waals surface area (Å²) in [4.78, 5) is 31.3. The van der Waals surface area contributed by atoms with Crippen LogP contribution in [0.2, 0.25) is 5.02 Å². The molecule has 1 atom stereocenters. The highest BCUT2D eigenvalue weighted by atomic mass is 35.5. The molecule has 0 spiro atoms. The maximum absolute atomic E-state index is 12.9. The number of anilines is 1. The molecule has 1 aliphatic rings. The van der Waals surface area contributed by atoms with Crippen LogP contribution in [0.4, 0.5) is 5.13 Å².